The zero-order valence-electron chi connectivity index (χ0n) is 10.6. The smallest absolute Gasteiger partial charge is 0.342 e. The molecule has 90 valence electrons. The molecule has 0 aliphatic carbocycles. The van der Waals surface area contributed by atoms with E-state index in [4.69, 9.17) is 4.74 Å². The Labute approximate surface area is 97.1 Å². The highest BCUT2D eigenvalue weighted by Crippen LogP contribution is 2.19. The Morgan fingerprint density at radius 3 is 2.12 bits per heavy atom. The highest BCUT2D eigenvalue weighted by atomic mass is 16.6. The van der Waals surface area contributed by atoms with E-state index in [1.807, 2.05) is 13.8 Å². The zero-order chi connectivity index (χ0) is 12.8. The Morgan fingerprint density at radius 1 is 1.19 bits per heavy atom. The van der Waals surface area contributed by atoms with Crippen molar-refractivity contribution in [2.75, 3.05) is 0 Å². The Bertz CT molecular complexity index is 337. The predicted molar refractivity (Wildman–Crippen MR) is 64.6 cm³/mol. The van der Waals surface area contributed by atoms with Crippen molar-refractivity contribution in [2.45, 2.75) is 40.2 Å². The summed E-state index contributed by atoms with van der Waals surface area (Å²) >= 11 is 0. The summed E-state index contributed by atoms with van der Waals surface area (Å²) < 4.78 is 5.11. The third-order valence-electron chi connectivity index (χ3n) is 1.52. The number of phenolic OH excluding ortho intramolecular Hbond substituents is 1. The summed E-state index contributed by atoms with van der Waals surface area (Å²) in [5.41, 5.74) is -0.346. The maximum absolute atomic E-state index is 11.5. The average Bonchev–Trinajstić information content (AvgIpc) is 2.18. The van der Waals surface area contributed by atoms with E-state index in [1.165, 1.54) is 12.1 Å². The van der Waals surface area contributed by atoms with Gasteiger partial charge in [-0.25, -0.2) is 4.79 Å². The first-order chi connectivity index (χ1) is 7.40. The van der Waals surface area contributed by atoms with Gasteiger partial charge in [0.2, 0.25) is 0 Å². The lowest BCUT2D eigenvalue weighted by Crippen LogP contribution is -2.23. The number of hydrogen-bond donors (Lipinski definition) is 1. The number of carbonyl (C=O) groups excluding carboxylic acids is 1. The number of hydrogen-bond acceptors (Lipinski definition) is 3. The Morgan fingerprint density at radius 2 is 1.69 bits per heavy atom. The van der Waals surface area contributed by atoms with Crippen LogP contribution in [0.1, 0.15) is 45.0 Å². The second kappa shape index (κ2) is 6.16. The van der Waals surface area contributed by atoms with Crippen LogP contribution >= 0.6 is 0 Å². The van der Waals surface area contributed by atoms with Crippen molar-refractivity contribution in [3.8, 4) is 5.75 Å². The third kappa shape index (κ3) is 4.82. The minimum atomic E-state index is -0.542. The molecule has 3 nitrogen and oxygen atoms in total. The van der Waals surface area contributed by atoms with Gasteiger partial charge < -0.3 is 9.84 Å². The molecule has 16 heavy (non-hydrogen) atoms. The van der Waals surface area contributed by atoms with Gasteiger partial charge in [0.05, 0.1) is 0 Å². The highest BCUT2D eigenvalue weighted by molar-refractivity contribution is 5.92. The lowest BCUT2D eigenvalue weighted by Gasteiger charge is -2.19. The maximum Gasteiger partial charge on any atom is 0.342 e. The van der Waals surface area contributed by atoms with E-state index in [2.05, 4.69) is 0 Å². The Balaban J connectivity index is 0.00000106. The minimum Gasteiger partial charge on any atom is -0.507 e. The van der Waals surface area contributed by atoms with Crippen LogP contribution in [-0.4, -0.2) is 16.7 Å². The number of esters is 1. The number of benzene rings is 1. The number of rotatable bonds is 1. The Hall–Kier alpha value is -1.51. The van der Waals surface area contributed by atoms with Gasteiger partial charge >= 0.3 is 5.97 Å². The second-order valence-electron chi connectivity index (χ2n) is 4.02. The van der Waals surface area contributed by atoms with Gasteiger partial charge in [0.15, 0.2) is 0 Å². The lowest BCUT2D eigenvalue weighted by atomic mass is 10.1. The molecule has 0 spiro atoms. The van der Waals surface area contributed by atoms with Gasteiger partial charge in [-0.3, -0.25) is 0 Å². The molecule has 0 fully saturated rings. The van der Waals surface area contributed by atoms with Gasteiger partial charge in [-0.05, 0) is 32.9 Å². The number of carbonyl (C=O) groups is 1. The second-order valence-corrected chi connectivity index (χ2v) is 4.02. The molecular formula is C13H20O3. The van der Waals surface area contributed by atoms with E-state index in [9.17, 15) is 9.90 Å². The first-order valence-corrected chi connectivity index (χ1v) is 5.41. The molecule has 0 saturated carbocycles. The predicted octanol–water partition coefficient (Wildman–Crippen LogP) is 3.37. The van der Waals surface area contributed by atoms with E-state index in [1.54, 1.807) is 32.9 Å². The van der Waals surface area contributed by atoms with Crippen LogP contribution in [0.2, 0.25) is 0 Å². The number of para-hydroxylation sites is 1. The normalized spacial score (nSPS) is 10.1. The minimum absolute atomic E-state index is 0.0539. The largest absolute Gasteiger partial charge is 0.507 e. The summed E-state index contributed by atoms with van der Waals surface area (Å²) in [6, 6.07) is 6.32. The molecule has 0 amide bonds. The fourth-order valence-corrected chi connectivity index (χ4v) is 0.979. The van der Waals surface area contributed by atoms with Crippen LogP contribution in [0.5, 0.6) is 5.75 Å². The summed E-state index contributed by atoms with van der Waals surface area (Å²) in [7, 11) is 0. The van der Waals surface area contributed by atoms with Crippen LogP contribution in [0.3, 0.4) is 0 Å². The zero-order valence-corrected chi connectivity index (χ0v) is 10.6. The van der Waals surface area contributed by atoms with Crippen molar-refractivity contribution in [1.29, 1.82) is 0 Å². The molecule has 1 aromatic rings. The van der Waals surface area contributed by atoms with Crippen molar-refractivity contribution in [3.63, 3.8) is 0 Å². The molecule has 0 aliphatic heterocycles. The van der Waals surface area contributed by atoms with Gasteiger partial charge in [-0.15, -0.1) is 0 Å². The van der Waals surface area contributed by atoms with Crippen molar-refractivity contribution in [3.05, 3.63) is 29.8 Å². The van der Waals surface area contributed by atoms with Crippen molar-refractivity contribution in [2.24, 2.45) is 0 Å². The van der Waals surface area contributed by atoms with Gasteiger partial charge in [0.1, 0.15) is 16.9 Å². The fraction of sp³-hybridized carbons (Fsp3) is 0.462. The molecule has 0 radical (unpaired) electrons. The summed E-state index contributed by atoms with van der Waals surface area (Å²) in [4.78, 5) is 11.5. The van der Waals surface area contributed by atoms with Crippen molar-refractivity contribution in [1.82, 2.24) is 0 Å². The molecule has 0 aromatic heterocycles. The van der Waals surface area contributed by atoms with E-state index >= 15 is 0 Å². The summed E-state index contributed by atoms with van der Waals surface area (Å²) in [5.74, 6) is -0.558. The van der Waals surface area contributed by atoms with E-state index in [0.29, 0.717) is 0 Å². The fourth-order valence-electron chi connectivity index (χ4n) is 0.979. The lowest BCUT2D eigenvalue weighted by molar-refractivity contribution is 0.00668. The standard InChI is InChI=1S/C11H14O3.C2H6/c1-11(2,3)14-10(13)8-6-4-5-7-9(8)12;1-2/h4-7,12H,1-3H3;1-2H3. The number of ether oxygens (including phenoxy) is 1. The third-order valence-corrected chi connectivity index (χ3v) is 1.52. The van der Waals surface area contributed by atoms with Gasteiger partial charge in [0.25, 0.3) is 0 Å². The van der Waals surface area contributed by atoms with Crippen molar-refractivity contribution >= 4 is 5.97 Å². The summed E-state index contributed by atoms with van der Waals surface area (Å²) in [5, 5.41) is 9.38. The number of phenols is 1. The first-order valence-electron chi connectivity index (χ1n) is 5.41. The maximum atomic E-state index is 11.5. The molecule has 1 aromatic carbocycles. The van der Waals surface area contributed by atoms with Crippen molar-refractivity contribution < 1.29 is 14.6 Å². The molecule has 0 unspecified atom stereocenters. The van der Waals surface area contributed by atoms with Crippen LogP contribution in [0.15, 0.2) is 24.3 Å². The van der Waals surface area contributed by atoms with E-state index in [0.717, 1.165) is 0 Å². The summed E-state index contributed by atoms with van der Waals surface area (Å²) in [6.07, 6.45) is 0. The molecule has 0 heterocycles. The highest BCUT2D eigenvalue weighted by Gasteiger charge is 2.19. The van der Waals surface area contributed by atoms with Gasteiger partial charge in [-0.2, -0.15) is 0 Å². The molecule has 1 rings (SSSR count). The van der Waals surface area contributed by atoms with Gasteiger partial charge in [-0.1, -0.05) is 26.0 Å². The van der Waals surface area contributed by atoms with Crippen LogP contribution in [0, 0.1) is 0 Å². The summed E-state index contributed by atoms with van der Waals surface area (Å²) in [6.45, 7) is 9.35. The van der Waals surface area contributed by atoms with Crippen LogP contribution < -0.4 is 0 Å². The van der Waals surface area contributed by atoms with Crippen LogP contribution in [0.25, 0.3) is 0 Å². The van der Waals surface area contributed by atoms with E-state index < -0.39 is 11.6 Å². The Kier molecular flexibility index (Phi) is 5.57. The molecule has 0 saturated heterocycles. The molecule has 1 N–H and O–H groups in total. The molecule has 3 heteroatoms. The SMILES string of the molecule is CC.CC(C)(C)OC(=O)c1ccccc1O. The average molecular weight is 224 g/mol. The monoisotopic (exact) mass is 224 g/mol. The molecular weight excluding hydrogens is 204 g/mol. The van der Waals surface area contributed by atoms with Gasteiger partial charge in [0, 0.05) is 0 Å². The van der Waals surface area contributed by atoms with Crippen LogP contribution in [-0.2, 0) is 4.74 Å². The quantitative estimate of drug-likeness (QED) is 0.744. The van der Waals surface area contributed by atoms with Crippen LogP contribution in [0.4, 0.5) is 0 Å². The number of aromatic hydroxyl groups is 1. The molecule has 0 aliphatic rings. The first kappa shape index (κ1) is 14.5. The molecule has 0 bridgehead atoms. The molecule has 0 atom stereocenters. The van der Waals surface area contributed by atoms with E-state index in [-0.39, 0.29) is 11.3 Å². The topological polar surface area (TPSA) is 46.5 Å².